The normalized spacial score (nSPS) is 41.5. The van der Waals surface area contributed by atoms with E-state index in [2.05, 4.69) is 13.2 Å². The van der Waals surface area contributed by atoms with Crippen LogP contribution in [0, 0.1) is 0 Å². The zero-order chi connectivity index (χ0) is 8.39. The van der Waals surface area contributed by atoms with Gasteiger partial charge in [-0.1, -0.05) is 13.2 Å². The number of likely N-dealkylation sites (tertiary alicyclic amines) is 1. The highest BCUT2D eigenvalue weighted by Gasteiger charge is 2.65. The molecule has 0 radical (unpaired) electrons. The van der Waals surface area contributed by atoms with E-state index >= 15 is 0 Å². The molecule has 2 aliphatic heterocycles. The maximum atomic E-state index is 5.92. The Morgan fingerprint density at radius 3 is 2.55 bits per heavy atom. The number of likely N-dealkylation sites (N-methyl/N-ethyl adjacent to an activating group) is 1. The van der Waals surface area contributed by atoms with Crippen molar-refractivity contribution in [3.8, 4) is 0 Å². The fraction of sp³-hybridized carbons (Fsp3) is 0.429. The van der Waals surface area contributed by atoms with Crippen LogP contribution in [-0.2, 0) is 0 Å². The molecule has 2 heterocycles. The third kappa shape index (κ3) is 0.405. The van der Waals surface area contributed by atoms with Crippen molar-refractivity contribution in [3.05, 3.63) is 24.6 Å². The van der Waals surface area contributed by atoms with E-state index in [0.717, 1.165) is 11.4 Å². The Hall–Kier alpha value is -1.00. The minimum absolute atomic E-state index is 0.167. The summed E-state index contributed by atoms with van der Waals surface area (Å²) in [5.41, 5.74) is 7.10. The first kappa shape index (κ1) is 6.69. The van der Waals surface area contributed by atoms with E-state index in [0.29, 0.717) is 0 Å². The molecule has 4 N–H and O–H groups in total. The van der Waals surface area contributed by atoms with Crippen LogP contribution in [0.3, 0.4) is 0 Å². The Balaban J connectivity index is 2.33. The number of rotatable bonds is 0. The summed E-state index contributed by atoms with van der Waals surface area (Å²) in [6.45, 7) is 7.61. The van der Waals surface area contributed by atoms with Crippen molar-refractivity contribution in [3.63, 3.8) is 0 Å². The first-order chi connectivity index (χ1) is 5.01. The van der Waals surface area contributed by atoms with E-state index < -0.39 is 5.66 Å². The highest BCUT2D eigenvalue weighted by atomic mass is 15.6. The number of piperazine rings is 1. The lowest BCUT2D eigenvalue weighted by Gasteiger charge is -2.69. The largest absolute Gasteiger partial charge is 0.363 e. The topological polar surface area (TPSA) is 58.5 Å². The molecule has 2 rings (SSSR count). The maximum Gasteiger partial charge on any atom is 0.169 e. The van der Waals surface area contributed by atoms with Crippen LogP contribution in [0.2, 0.25) is 0 Å². The van der Waals surface area contributed by atoms with Gasteiger partial charge in [-0.2, -0.15) is 0 Å². The van der Waals surface area contributed by atoms with Crippen molar-refractivity contribution < 1.29 is 0 Å². The van der Waals surface area contributed by atoms with Gasteiger partial charge in [0.15, 0.2) is 5.66 Å². The van der Waals surface area contributed by atoms with Crippen molar-refractivity contribution in [1.82, 2.24) is 9.91 Å². The van der Waals surface area contributed by atoms with E-state index in [4.69, 9.17) is 11.6 Å². The molecule has 0 aromatic rings. The third-order valence-corrected chi connectivity index (χ3v) is 2.72. The molecular formula is C7H12N4. The summed E-state index contributed by atoms with van der Waals surface area (Å²) >= 11 is 0. The van der Waals surface area contributed by atoms with Gasteiger partial charge in [0.05, 0.1) is 11.4 Å². The number of nitrogens with two attached hydrogens (primary N) is 2. The van der Waals surface area contributed by atoms with Crippen LogP contribution in [0.25, 0.3) is 0 Å². The number of nitrogens with zero attached hydrogens (tertiary/aromatic N) is 2. The van der Waals surface area contributed by atoms with E-state index in [9.17, 15) is 0 Å². The highest BCUT2D eigenvalue weighted by molar-refractivity contribution is 5.45. The molecule has 0 aliphatic carbocycles. The minimum atomic E-state index is -0.536. The Kier molecular flexibility index (Phi) is 0.876. The van der Waals surface area contributed by atoms with Gasteiger partial charge in [0.2, 0.25) is 0 Å². The van der Waals surface area contributed by atoms with E-state index in [-0.39, 0.29) is 6.04 Å². The minimum Gasteiger partial charge on any atom is -0.363 e. The van der Waals surface area contributed by atoms with Crippen molar-refractivity contribution in [2.24, 2.45) is 11.6 Å². The molecule has 0 bridgehead atoms. The highest BCUT2D eigenvalue weighted by Crippen LogP contribution is 2.50. The van der Waals surface area contributed by atoms with Gasteiger partial charge in [-0.15, -0.1) is 0 Å². The number of fused-ring (bicyclic) bond motifs is 1. The average molecular weight is 152 g/mol. The zero-order valence-electron chi connectivity index (χ0n) is 6.54. The summed E-state index contributed by atoms with van der Waals surface area (Å²) in [7, 11) is 1.94. The van der Waals surface area contributed by atoms with E-state index in [1.807, 2.05) is 11.9 Å². The van der Waals surface area contributed by atoms with Crippen LogP contribution >= 0.6 is 0 Å². The van der Waals surface area contributed by atoms with Crippen LogP contribution < -0.4 is 11.6 Å². The van der Waals surface area contributed by atoms with Gasteiger partial charge in [-0.25, -0.2) is 5.84 Å². The first-order valence-electron chi connectivity index (χ1n) is 3.46. The van der Waals surface area contributed by atoms with Gasteiger partial charge in [0.25, 0.3) is 0 Å². The van der Waals surface area contributed by atoms with Gasteiger partial charge in [-0.05, 0) is 0 Å². The van der Waals surface area contributed by atoms with Crippen LogP contribution in [0.5, 0.6) is 0 Å². The van der Waals surface area contributed by atoms with Gasteiger partial charge in [0, 0.05) is 7.05 Å². The van der Waals surface area contributed by atoms with Gasteiger partial charge >= 0.3 is 0 Å². The fourth-order valence-corrected chi connectivity index (χ4v) is 1.88. The molecule has 11 heavy (non-hydrogen) atoms. The molecular weight excluding hydrogens is 140 g/mol. The molecule has 0 saturated carbocycles. The Morgan fingerprint density at radius 1 is 1.55 bits per heavy atom. The third-order valence-electron chi connectivity index (χ3n) is 2.72. The second-order valence-corrected chi connectivity index (χ2v) is 3.15. The van der Waals surface area contributed by atoms with Crippen molar-refractivity contribution in [2.75, 3.05) is 7.05 Å². The molecule has 60 valence electrons. The Bertz CT molecular complexity index is 259. The molecule has 0 aromatic carbocycles. The predicted octanol–water partition coefficient (Wildman–Crippen LogP) is -0.828. The zero-order valence-corrected chi connectivity index (χ0v) is 6.54. The van der Waals surface area contributed by atoms with Crippen molar-refractivity contribution >= 4 is 0 Å². The number of hydrazine groups is 1. The van der Waals surface area contributed by atoms with Crippen LogP contribution in [0.1, 0.15) is 0 Å². The van der Waals surface area contributed by atoms with Gasteiger partial charge in [0.1, 0.15) is 6.04 Å². The van der Waals surface area contributed by atoms with Crippen LogP contribution in [-0.4, -0.2) is 28.7 Å². The lowest BCUT2D eigenvalue weighted by molar-refractivity contribution is -0.0984. The number of hydrogen-bond donors (Lipinski definition) is 2. The molecule has 0 amide bonds. The van der Waals surface area contributed by atoms with Crippen LogP contribution in [0.4, 0.5) is 0 Å². The molecule has 2 aliphatic rings. The second kappa shape index (κ2) is 1.44. The first-order valence-corrected chi connectivity index (χ1v) is 3.46. The Morgan fingerprint density at radius 2 is 2.09 bits per heavy atom. The summed E-state index contributed by atoms with van der Waals surface area (Å²) in [5.74, 6) is 5.62. The van der Waals surface area contributed by atoms with Crippen molar-refractivity contribution in [2.45, 2.75) is 11.7 Å². The molecule has 4 heteroatoms. The lowest BCUT2D eigenvalue weighted by Crippen LogP contribution is -2.88. The lowest BCUT2D eigenvalue weighted by atomic mass is 9.75. The van der Waals surface area contributed by atoms with Gasteiger partial charge < -0.3 is 10.6 Å². The van der Waals surface area contributed by atoms with E-state index in [1.165, 1.54) is 5.01 Å². The van der Waals surface area contributed by atoms with Crippen LogP contribution in [0.15, 0.2) is 24.6 Å². The predicted molar refractivity (Wildman–Crippen MR) is 42.8 cm³/mol. The fourth-order valence-electron chi connectivity index (χ4n) is 1.88. The Labute approximate surface area is 65.7 Å². The smallest absolute Gasteiger partial charge is 0.169 e. The summed E-state index contributed by atoms with van der Waals surface area (Å²) in [4.78, 5) is 1.99. The number of hydrogen-bond acceptors (Lipinski definition) is 4. The summed E-state index contributed by atoms with van der Waals surface area (Å²) in [5, 5.41) is 1.49. The summed E-state index contributed by atoms with van der Waals surface area (Å²) < 4.78 is 0. The average Bonchev–Trinajstić information content (AvgIpc) is 2.02. The molecule has 2 unspecified atom stereocenters. The molecule has 2 atom stereocenters. The monoisotopic (exact) mass is 152 g/mol. The van der Waals surface area contributed by atoms with Gasteiger partial charge in [-0.3, -0.25) is 5.01 Å². The molecule has 2 fully saturated rings. The van der Waals surface area contributed by atoms with E-state index in [1.54, 1.807) is 0 Å². The van der Waals surface area contributed by atoms with Crippen molar-refractivity contribution in [1.29, 1.82) is 0 Å². The standard InChI is InChI=1S/C7H12N4/c1-4-6-7(8,11(4)9)5(2)10(6)3/h6H,1-2,8-9H2,3H3. The molecule has 2 saturated heterocycles. The summed E-state index contributed by atoms with van der Waals surface area (Å²) in [6.07, 6.45) is 0. The SMILES string of the molecule is C=C1C2N(C)C(=C)C2(N)N1N. The second-order valence-electron chi connectivity index (χ2n) is 3.15. The molecule has 0 spiro atoms. The maximum absolute atomic E-state index is 5.92. The molecule has 4 nitrogen and oxygen atoms in total. The molecule has 0 aromatic heterocycles. The quantitative estimate of drug-likeness (QED) is 0.445. The summed E-state index contributed by atoms with van der Waals surface area (Å²) in [6, 6.07) is 0.167.